The Morgan fingerprint density at radius 1 is 0.964 bits per heavy atom. The van der Waals surface area contributed by atoms with Crippen molar-refractivity contribution in [3.8, 4) is 0 Å². The highest BCUT2D eigenvalue weighted by Gasteiger charge is 2.06. The van der Waals surface area contributed by atoms with Gasteiger partial charge in [-0.3, -0.25) is 4.99 Å². The van der Waals surface area contributed by atoms with Gasteiger partial charge in [0.15, 0.2) is 11.8 Å². The van der Waals surface area contributed by atoms with E-state index in [-0.39, 0.29) is 24.0 Å². The summed E-state index contributed by atoms with van der Waals surface area (Å²) in [6, 6.07) is 19.0. The molecule has 0 amide bonds. The number of benzene rings is 2. The Morgan fingerprint density at radius 3 is 2.21 bits per heavy atom. The number of aliphatic imine (C=N–C) groups is 1. The molecule has 2 N–H and O–H groups in total. The molecule has 0 bridgehead atoms. The van der Waals surface area contributed by atoms with Crippen LogP contribution in [-0.4, -0.2) is 27.8 Å². The first kappa shape index (κ1) is 22.2. The number of nitrogens with zero attached hydrogens (tertiary/aromatic N) is 4. The van der Waals surface area contributed by atoms with Crippen LogP contribution in [0.4, 0.5) is 0 Å². The first-order valence-electron chi connectivity index (χ1n) is 8.77. The highest BCUT2D eigenvalue weighted by atomic mass is 127. The van der Waals surface area contributed by atoms with E-state index in [9.17, 15) is 0 Å². The lowest BCUT2D eigenvalue weighted by Crippen LogP contribution is -2.36. The molecule has 0 saturated carbocycles. The smallest absolute Gasteiger partial charge is 0.191 e. The normalized spacial score (nSPS) is 11.0. The molecule has 2 aromatic carbocycles. The molecule has 0 atom stereocenters. The van der Waals surface area contributed by atoms with Gasteiger partial charge < -0.3 is 15.2 Å². The zero-order chi connectivity index (χ0) is 19.1. The number of halogens is 1. The molecule has 0 aliphatic rings. The third-order valence-corrected chi connectivity index (χ3v) is 5.20. The van der Waals surface area contributed by atoms with E-state index in [1.807, 2.05) is 24.6 Å². The van der Waals surface area contributed by atoms with Crippen LogP contribution >= 0.6 is 35.7 Å². The lowest BCUT2D eigenvalue weighted by atomic mass is 10.2. The molecular formula is C20H25IN6S. The van der Waals surface area contributed by atoms with Crippen molar-refractivity contribution in [1.82, 2.24) is 25.4 Å². The Hall–Kier alpha value is -2.07. The maximum absolute atomic E-state index is 4.26. The minimum Gasteiger partial charge on any atom is -0.352 e. The lowest BCUT2D eigenvalue weighted by molar-refractivity contribution is 0.717. The van der Waals surface area contributed by atoms with Crippen molar-refractivity contribution < 1.29 is 0 Å². The van der Waals surface area contributed by atoms with Gasteiger partial charge in [0.05, 0.1) is 6.54 Å². The molecule has 3 rings (SSSR count). The summed E-state index contributed by atoms with van der Waals surface area (Å²) in [5, 5.41) is 14.8. The highest BCUT2D eigenvalue weighted by Crippen LogP contribution is 2.27. The van der Waals surface area contributed by atoms with Crippen LogP contribution in [-0.2, 0) is 20.1 Å². The fourth-order valence-corrected chi connectivity index (χ4v) is 3.31. The molecule has 0 radical (unpaired) electrons. The fourth-order valence-electron chi connectivity index (χ4n) is 2.47. The molecule has 0 aliphatic carbocycles. The van der Waals surface area contributed by atoms with Crippen LogP contribution in [0.3, 0.4) is 0 Å². The summed E-state index contributed by atoms with van der Waals surface area (Å²) in [4.78, 5) is 6.73. The summed E-state index contributed by atoms with van der Waals surface area (Å²) >= 11 is 1.76. The van der Waals surface area contributed by atoms with Gasteiger partial charge >= 0.3 is 0 Å². The molecule has 0 saturated heterocycles. The van der Waals surface area contributed by atoms with Crippen molar-refractivity contribution >= 4 is 41.7 Å². The second kappa shape index (κ2) is 11.1. The lowest BCUT2D eigenvalue weighted by Gasteiger charge is -2.12. The summed E-state index contributed by atoms with van der Waals surface area (Å²) in [5.74, 6) is 2.50. The quantitative estimate of drug-likeness (QED) is 0.302. The van der Waals surface area contributed by atoms with Gasteiger partial charge in [-0.25, -0.2) is 0 Å². The predicted molar refractivity (Wildman–Crippen MR) is 125 cm³/mol. The van der Waals surface area contributed by atoms with Crippen molar-refractivity contribution in [2.45, 2.75) is 29.8 Å². The van der Waals surface area contributed by atoms with Gasteiger partial charge in [-0.2, -0.15) is 0 Å². The average Bonchev–Trinajstić information content (AvgIpc) is 3.02. The number of hydrogen-bond donors (Lipinski definition) is 2. The molecule has 1 aromatic heterocycles. The Morgan fingerprint density at radius 2 is 1.61 bits per heavy atom. The summed E-state index contributed by atoms with van der Waals surface area (Å²) in [7, 11) is 3.72. The molecule has 3 aromatic rings. The fraction of sp³-hybridized carbons (Fsp3) is 0.250. The average molecular weight is 508 g/mol. The van der Waals surface area contributed by atoms with E-state index in [1.165, 1.54) is 15.4 Å². The molecule has 6 nitrogen and oxygen atoms in total. The van der Waals surface area contributed by atoms with E-state index in [0.717, 1.165) is 17.6 Å². The molecule has 8 heteroatoms. The van der Waals surface area contributed by atoms with Crippen molar-refractivity contribution in [2.24, 2.45) is 12.0 Å². The second-order valence-electron chi connectivity index (χ2n) is 6.06. The monoisotopic (exact) mass is 508 g/mol. The third-order valence-electron chi connectivity index (χ3n) is 4.18. The summed E-state index contributed by atoms with van der Waals surface area (Å²) < 4.78 is 1.96. The summed E-state index contributed by atoms with van der Waals surface area (Å²) in [5.41, 5.74) is 1.20. The topological polar surface area (TPSA) is 67.1 Å². The van der Waals surface area contributed by atoms with E-state index in [2.05, 4.69) is 74.4 Å². The van der Waals surface area contributed by atoms with Crippen molar-refractivity contribution in [1.29, 1.82) is 0 Å². The standard InChI is InChI=1S/C20H24N6S.HI/c1-15-24-25-19(26(15)3)14-23-20(21-2)22-13-16-9-11-18(12-10-16)27-17-7-5-4-6-8-17;/h4-12H,13-14H2,1-3H3,(H2,21,22,23);1H. The maximum Gasteiger partial charge on any atom is 0.191 e. The molecule has 0 aliphatic heterocycles. The number of aryl methyl sites for hydroxylation is 1. The molecule has 0 fully saturated rings. The number of hydrogen-bond acceptors (Lipinski definition) is 4. The van der Waals surface area contributed by atoms with Gasteiger partial charge in [-0.1, -0.05) is 42.1 Å². The van der Waals surface area contributed by atoms with E-state index in [4.69, 9.17) is 0 Å². The third kappa shape index (κ3) is 6.23. The predicted octanol–water partition coefficient (Wildman–Crippen LogP) is 3.76. The molecular weight excluding hydrogens is 483 g/mol. The maximum atomic E-state index is 4.26. The molecule has 0 spiro atoms. The molecule has 28 heavy (non-hydrogen) atoms. The van der Waals surface area contributed by atoms with E-state index in [1.54, 1.807) is 18.8 Å². The largest absolute Gasteiger partial charge is 0.352 e. The molecule has 0 unspecified atom stereocenters. The minimum atomic E-state index is 0. The van der Waals surface area contributed by atoms with Crippen LogP contribution in [0.2, 0.25) is 0 Å². The Labute approximate surface area is 187 Å². The summed E-state index contributed by atoms with van der Waals surface area (Å²) in [6.45, 7) is 3.21. The van der Waals surface area contributed by atoms with Gasteiger partial charge in [-0.15, -0.1) is 34.2 Å². The van der Waals surface area contributed by atoms with Crippen LogP contribution < -0.4 is 10.6 Å². The second-order valence-corrected chi connectivity index (χ2v) is 7.21. The Balaban J connectivity index is 0.00000280. The van der Waals surface area contributed by atoms with Crippen LogP contribution in [0.25, 0.3) is 0 Å². The van der Waals surface area contributed by atoms with Crippen LogP contribution in [0.15, 0.2) is 69.4 Å². The van der Waals surface area contributed by atoms with E-state index >= 15 is 0 Å². The Kier molecular flexibility index (Phi) is 8.78. The van der Waals surface area contributed by atoms with Gasteiger partial charge in [-0.05, 0) is 36.8 Å². The van der Waals surface area contributed by atoms with Crippen LogP contribution in [0.5, 0.6) is 0 Å². The first-order valence-corrected chi connectivity index (χ1v) is 9.58. The van der Waals surface area contributed by atoms with E-state index < -0.39 is 0 Å². The first-order chi connectivity index (χ1) is 13.2. The zero-order valence-electron chi connectivity index (χ0n) is 16.2. The number of aromatic nitrogens is 3. The minimum absolute atomic E-state index is 0. The van der Waals surface area contributed by atoms with E-state index in [0.29, 0.717) is 13.1 Å². The van der Waals surface area contributed by atoms with Gasteiger partial charge in [0.25, 0.3) is 0 Å². The number of rotatable bonds is 6. The highest BCUT2D eigenvalue weighted by molar-refractivity contribution is 14.0. The zero-order valence-corrected chi connectivity index (χ0v) is 19.4. The summed E-state index contributed by atoms with van der Waals surface area (Å²) in [6.07, 6.45) is 0. The number of nitrogens with one attached hydrogen (secondary N) is 2. The van der Waals surface area contributed by atoms with Crippen LogP contribution in [0.1, 0.15) is 17.2 Å². The molecule has 1 heterocycles. The SMILES string of the molecule is CN=C(NCc1ccc(Sc2ccccc2)cc1)NCc1nnc(C)n1C.I. The molecule has 148 valence electrons. The van der Waals surface area contributed by atoms with Crippen LogP contribution in [0, 0.1) is 6.92 Å². The van der Waals surface area contributed by atoms with Gasteiger partial charge in [0, 0.05) is 30.4 Å². The van der Waals surface area contributed by atoms with Crippen molar-refractivity contribution in [3.63, 3.8) is 0 Å². The Bertz CT molecular complexity index is 893. The van der Waals surface area contributed by atoms with Gasteiger partial charge in [0.1, 0.15) is 5.82 Å². The van der Waals surface area contributed by atoms with Crippen molar-refractivity contribution in [2.75, 3.05) is 7.05 Å². The number of guanidine groups is 1. The van der Waals surface area contributed by atoms with Gasteiger partial charge in [0.2, 0.25) is 0 Å². The van der Waals surface area contributed by atoms with Crippen molar-refractivity contribution in [3.05, 3.63) is 71.8 Å².